The first-order valence-electron chi connectivity index (χ1n) is 9.11. The Kier molecular flexibility index (Phi) is 5.19. The number of pyridine rings is 1. The number of nitrogens with one attached hydrogen (secondary N) is 2. The number of rotatable bonds is 5. The minimum absolute atomic E-state index is 0.0545. The molecule has 1 aliphatic rings. The zero-order valence-electron chi connectivity index (χ0n) is 15.2. The van der Waals surface area contributed by atoms with E-state index < -0.39 is 5.82 Å². The predicted octanol–water partition coefficient (Wildman–Crippen LogP) is 3.04. The maximum absolute atomic E-state index is 13.4. The van der Waals surface area contributed by atoms with Gasteiger partial charge < -0.3 is 15.7 Å². The van der Waals surface area contributed by atoms with E-state index in [1.807, 2.05) is 18.4 Å². The van der Waals surface area contributed by atoms with Crippen molar-refractivity contribution >= 4 is 33.4 Å². The van der Waals surface area contributed by atoms with Crippen LogP contribution in [0.15, 0.2) is 29.9 Å². The van der Waals surface area contributed by atoms with Crippen molar-refractivity contribution in [2.75, 3.05) is 5.32 Å². The molecule has 0 radical (unpaired) electrons. The molecule has 1 amide bonds. The van der Waals surface area contributed by atoms with Crippen LogP contribution in [0, 0.1) is 5.82 Å². The minimum Gasteiger partial charge on any atom is -0.393 e. The molecule has 7 nitrogen and oxygen atoms in total. The van der Waals surface area contributed by atoms with E-state index >= 15 is 0 Å². The van der Waals surface area contributed by atoms with Crippen LogP contribution in [-0.4, -0.2) is 38.1 Å². The number of aliphatic hydroxyl groups excluding tert-OH is 1. The number of hydrogen-bond donors (Lipinski definition) is 3. The highest BCUT2D eigenvalue weighted by Gasteiger charge is 2.26. The smallest absolute Gasteiger partial charge is 0.271 e. The molecule has 28 heavy (non-hydrogen) atoms. The molecule has 1 saturated carbocycles. The van der Waals surface area contributed by atoms with Crippen LogP contribution in [-0.2, 0) is 0 Å². The van der Waals surface area contributed by atoms with E-state index in [-0.39, 0.29) is 24.1 Å². The second-order valence-corrected chi connectivity index (χ2v) is 7.89. The molecular formula is C19H20FN5O2S. The number of carbonyl (C=O) groups is 1. The molecule has 0 bridgehead atoms. The summed E-state index contributed by atoms with van der Waals surface area (Å²) in [6, 6.07) is 2.88. The van der Waals surface area contributed by atoms with Gasteiger partial charge in [0.1, 0.15) is 5.82 Å². The molecule has 3 heterocycles. The molecule has 3 aromatic heterocycles. The van der Waals surface area contributed by atoms with E-state index in [0.717, 1.165) is 12.6 Å². The van der Waals surface area contributed by atoms with Gasteiger partial charge in [0, 0.05) is 12.2 Å². The van der Waals surface area contributed by atoms with E-state index in [4.69, 9.17) is 0 Å². The topological polar surface area (TPSA) is 100 Å². The molecule has 1 unspecified atom stereocenters. The van der Waals surface area contributed by atoms with Gasteiger partial charge in [0.05, 0.1) is 28.6 Å². The van der Waals surface area contributed by atoms with Gasteiger partial charge >= 0.3 is 0 Å². The summed E-state index contributed by atoms with van der Waals surface area (Å²) in [7, 11) is 0. The normalized spacial score (nSPS) is 20.2. The third-order valence-corrected chi connectivity index (χ3v) is 5.74. The van der Waals surface area contributed by atoms with Crippen molar-refractivity contribution < 1.29 is 14.3 Å². The Labute approximate surface area is 165 Å². The van der Waals surface area contributed by atoms with Crippen molar-refractivity contribution in [2.45, 2.75) is 44.4 Å². The van der Waals surface area contributed by atoms with Gasteiger partial charge in [-0.05, 0) is 49.3 Å². The molecule has 1 aliphatic carbocycles. The monoisotopic (exact) mass is 401 g/mol. The van der Waals surface area contributed by atoms with Crippen molar-refractivity contribution in [2.24, 2.45) is 0 Å². The van der Waals surface area contributed by atoms with Crippen LogP contribution >= 0.6 is 11.3 Å². The first kappa shape index (κ1) is 18.7. The van der Waals surface area contributed by atoms with Crippen LogP contribution in [0.1, 0.15) is 48.3 Å². The average Bonchev–Trinajstić information content (AvgIpc) is 3.29. The van der Waals surface area contributed by atoms with Gasteiger partial charge in [0.2, 0.25) is 5.95 Å². The number of nitrogens with zero attached hydrogens (tertiary/aromatic N) is 3. The van der Waals surface area contributed by atoms with Gasteiger partial charge in [-0.25, -0.2) is 14.4 Å². The second-order valence-electron chi connectivity index (χ2n) is 6.97. The summed E-state index contributed by atoms with van der Waals surface area (Å²) in [6.45, 7) is 1.84. The molecule has 9 heteroatoms. The quantitative estimate of drug-likeness (QED) is 0.608. The van der Waals surface area contributed by atoms with Gasteiger partial charge in [-0.3, -0.25) is 9.78 Å². The third kappa shape index (κ3) is 3.95. The highest BCUT2D eigenvalue weighted by Crippen LogP contribution is 2.26. The number of thiophene rings is 1. The molecule has 3 aromatic rings. The zero-order valence-corrected chi connectivity index (χ0v) is 16.0. The van der Waals surface area contributed by atoms with Gasteiger partial charge in [0.25, 0.3) is 5.91 Å². The van der Waals surface area contributed by atoms with E-state index in [1.54, 1.807) is 6.20 Å². The molecule has 3 atom stereocenters. The van der Waals surface area contributed by atoms with E-state index in [0.29, 0.717) is 40.3 Å². The van der Waals surface area contributed by atoms with E-state index in [2.05, 4.69) is 25.6 Å². The maximum atomic E-state index is 13.4. The van der Waals surface area contributed by atoms with E-state index in [1.165, 1.54) is 17.4 Å². The van der Waals surface area contributed by atoms with Gasteiger partial charge in [-0.2, -0.15) is 0 Å². The molecule has 1 fully saturated rings. The molecule has 0 aromatic carbocycles. The Morgan fingerprint density at radius 3 is 2.96 bits per heavy atom. The Morgan fingerprint density at radius 2 is 2.21 bits per heavy atom. The van der Waals surface area contributed by atoms with Crippen LogP contribution in [0.2, 0.25) is 0 Å². The maximum Gasteiger partial charge on any atom is 0.271 e. The summed E-state index contributed by atoms with van der Waals surface area (Å²) in [4.78, 5) is 25.6. The van der Waals surface area contributed by atoms with Crippen molar-refractivity contribution in [3.05, 3.63) is 47.0 Å². The number of aromatic nitrogens is 3. The number of amides is 1. The Morgan fingerprint density at radius 1 is 1.36 bits per heavy atom. The largest absolute Gasteiger partial charge is 0.393 e. The summed E-state index contributed by atoms with van der Waals surface area (Å²) in [5.74, 6) is -0.407. The Balaban J connectivity index is 1.59. The Bertz CT molecular complexity index is 1010. The van der Waals surface area contributed by atoms with E-state index in [9.17, 15) is 14.3 Å². The third-order valence-electron chi connectivity index (χ3n) is 4.83. The van der Waals surface area contributed by atoms with Crippen molar-refractivity contribution in [1.82, 2.24) is 20.3 Å². The molecule has 4 rings (SSSR count). The highest BCUT2D eigenvalue weighted by molar-refractivity contribution is 7.17. The standard InChI is InChI=1S/C19H20FN5O2S/c1-10(11-6-12(20)9-21-8-11)22-19-24-15-4-5-28-17(15)16(25-19)18(27)23-13-2-3-14(26)7-13/h4-6,8-10,13-14,26H,2-3,7H2,1H3,(H,23,27)(H,22,24,25)/t10-,13?,14-/m0/s1. The molecule has 146 valence electrons. The molecular weight excluding hydrogens is 381 g/mol. The second kappa shape index (κ2) is 7.76. The van der Waals surface area contributed by atoms with Crippen LogP contribution < -0.4 is 10.6 Å². The molecule has 0 spiro atoms. The van der Waals surface area contributed by atoms with Crippen LogP contribution in [0.5, 0.6) is 0 Å². The molecule has 0 saturated heterocycles. The van der Waals surface area contributed by atoms with Gasteiger partial charge in [-0.15, -0.1) is 11.3 Å². The van der Waals surface area contributed by atoms with Crippen molar-refractivity contribution in [1.29, 1.82) is 0 Å². The number of anilines is 1. The average molecular weight is 401 g/mol. The lowest BCUT2D eigenvalue weighted by molar-refractivity contribution is 0.0931. The SMILES string of the molecule is C[C@H](Nc1nc(C(=O)NC2CC[C@H](O)C2)c2sccc2n1)c1cncc(F)c1. The van der Waals surface area contributed by atoms with Crippen LogP contribution in [0.25, 0.3) is 10.2 Å². The fourth-order valence-electron chi connectivity index (χ4n) is 3.37. The zero-order chi connectivity index (χ0) is 19.7. The summed E-state index contributed by atoms with van der Waals surface area (Å²) in [5.41, 5.74) is 1.62. The first-order valence-corrected chi connectivity index (χ1v) is 9.98. The van der Waals surface area contributed by atoms with Gasteiger partial charge in [-0.1, -0.05) is 0 Å². The summed E-state index contributed by atoms with van der Waals surface area (Å²) < 4.78 is 14.1. The van der Waals surface area contributed by atoms with Crippen molar-refractivity contribution in [3.63, 3.8) is 0 Å². The Hall–Kier alpha value is -2.65. The summed E-state index contributed by atoms with van der Waals surface area (Å²) in [5, 5.41) is 17.6. The minimum atomic E-state index is -0.417. The van der Waals surface area contributed by atoms with Crippen LogP contribution in [0.4, 0.5) is 10.3 Å². The fraction of sp³-hybridized carbons (Fsp3) is 0.368. The molecule has 0 aliphatic heterocycles. The highest BCUT2D eigenvalue weighted by atomic mass is 32.1. The fourth-order valence-corrected chi connectivity index (χ4v) is 4.18. The first-order chi connectivity index (χ1) is 13.5. The lowest BCUT2D eigenvalue weighted by Gasteiger charge is -2.16. The lowest BCUT2D eigenvalue weighted by Crippen LogP contribution is -2.34. The number of carbonyl (C=O) groups excluding carboxylic acids is 1. The number of halogens is 1. The number of aliphatic hydroxyl groups is 1. The molecule has 3 N–H and O–H groups in total. The summed E-state index contributed by atoms with van der Waals surface area (Å²) in [6.07, 6.45) is 4.35. The lowest BCUT2D eigenvalue weighted by atomic mass is 10.1. The number of hydrogen-bond acceptors (Lipinski definition) is 7. The van der Waals surface area contributed by atoms with Crippen LogP contribution in [0.3, 0.4) is 0 Å². The predicted molar refractivity (Wildman–Crippen MR) is 105 cm³/mol. The summed E-state index contributed by atoms with van der Waals surface area (Å²) >= 11 is 1.40. The number of fused-ring (bicyclic) bond motifs is 1. The van der Waals surface area contributed by atoms with Crippen molar-refractivity contribution in [3.8, 4) is 0 Å². The van der Waals surface area contributed by atoms with Gasteiger partial charge in [0.15, 0.2) is 5.69 Å².